The number of hydrogen-bond acceptors (Lipinski definition) is 4. The van der Waals surface area contributed by atoms with Crippen LogP contribution >= 0.6 is 0 Å². The van der Waals surface area contributed by atoms with E-state index in [0.29, 0.717) is 31.8 Å². The first-order valence-electron chi connectivity index (χ1n) is 9.08. The smallest absolute Gasteiger partial charge is 0.306 e. The van der Waals surface area contributed by atoms with Crippen molar-refractivity contribution in [2.75, 3.05) is 13.1 Å². The van der Waals surface area contributed by atoms with E-state index in [1.165, 1.54) is 0 Å². The average molecular weight is 334 g/mol. The summed E-state index contributed by atoms with van der Waals surface area (Å²) in [6, 6.07) is -0.440. The molecule has 0 spiro atoms. The van der Waals surface area contributed by atoms with Gasteiger partial charge in [0, 0.05) is 25.9 Å². The molecule has 6 nitrogen and oxygen atoms in total. The van der Waals surface area contributed by atoms with E-state index in [2.05, 4.69) is 17.5 Å². The standard InChI is InChI=1S/C18H26N2O4/c21-16-10-9-15(24-16)18(23)20(12-13-6-2-1-3-7-13)14-8-4-5-11-19-17(14)22/h1-2,13-15H,3-12H2,(H,19,22)/t13-,14-,15+/m0/s1. The molecule has 2 saturated heterocycles. The summed E-state index contributed by atoms with van der Waals surface area (Å²) >= 11 is 0. The molecule has 0 saturated carbocycles. The topological polar surface area (TPSA) is 75.7 Å². The van der Waals surface area contributed by atoms with E-state index in [0.717, 1.165) is 32.1 Å². The lowest BCUT2D eigenvalue weighted by atomic mass is 9.92. The Labute approximate surface area is 142 Å². The summed E-state index contributed by atoms with van der Waals surface area (Å²) in [6.07, 6.45) is 9.83. The summed E-state index contributed by atoms with van der Waals surface area (Å²) < 4.78 is 5.17. The van der Waals surface area contributed by atoms with Gasteiger partial charge in [-0.25, -0.2) is 0 Å². The zero-order valence-corrected chi connectivity index (χ0v) is 14.0. The molecule has 0 radical (unpaired) electrons. The highest BCUT2D eigenvalue weighted by atomic mass is 16.6. The van der Waals surface area contributed by atoms with Gasteiger partial charge in [-0.05, 0) is 44.4 Å². The predicted octanol–water partition coefficient (Wildman–Crippen LogP) is 1.55. The number of nitrogens with zero attached hydrogens (tertiary/aromatic N) is 1. The fourth-order valence-corrected chi connectivity index (χ4v) is 3.78. The maximum Gasteiger partial charge on any atom is 0.306 e. The van der Waals surface area contributed by atoms with Crippen LogP contribution in [0, 0.1) is 5.92 Å². The van der Waals surface area contributed by atoms with E-state index in [4.69, 9.17) is 4.74 Å². The van der Waals surface area contributed by atoms with E-state index in [-0.39, 0.29) is 24.2 Å². The molecule has 0 aromatic heterocycles. The molecule has 6 heteroatoms. The van der Waals surface area contributed by atoms with Gasteiger partial charge in [-0.2, -0.15) is 0 Å². The highest BCUT2D eigenvalue weighted by Gasteiger charge is 2.39. The van der Waals surface area contributed by atoms with Gasteiger partial charge in [0.1, 0.15) is 6.04 Å². The largest absolute Gasteiger partial charge is 0.452 e. The summed E-state index contributed by atoms with van der Waals surface area (Å²) in [4.78, 5) is 38.5. The quantitative estimate of drug-likeness (QED) is 0.625. The third kappa shape index (κ3) is 3.97. The Morgan fingerprint density at radius 1 is 1.21 bits per heavy atom. The van der Waals surface area contributed by atoms with Gasteiger partial charge in [0.2, 0.25) is 5.91 Å². The molecule has 0 bridgehead atoms. The first kappa shape index (κ1) is 17.0. The van der Waals surface area contributed by atoms with Crippen LogP contribution in [-0.4, -0.2) is 47.9 Å². The van der Waals surface area contributed by atoms with E-state index >= 15 is 0 Å². The minimum absolute atomic E-state index is 0.0727. The summed E-state index contributed by atoms with van der Waals surface area (Å²) in [5.74, 6) is -0.222. The molecule has 2 heterocycles. The normalized spacial score (nSPS) is 30.4. The van der Waals surface area contributed by atoms with Gasteiger partial charge in [0.25, 0.3) is 5.91 Å². The van der Waals surface area contributed by atoms with Gasteiger partial charge in [0.15, 0.2) is 6.10 Å². The van der Waals surface area contributed by atoms with Crippen LogP contribution in [0.4, 0.5) is 0 Å². The number of rotatable bonds is 4. The summed E-state index contributed by atoms with van der Waals surface area (Å²) in [5.41, 5.74) is 0. The van der Waals surface area contributed by atoms with Gasteiger partial charge in [0.05, 0.1) is 0 Å². The first-order valence-corrected chi connectivity index (χ1v) is 9.08. The molecule has 1 N–H and O–H groups in total. The van der Waals surface area contributed by atoms with Gasteiger partial charge in [-0.15, -0.1) is 0 Å². The number of carbonyl (C=O) groups excluding carboxylic acids is 3. The van der Waals surface area contributed by atoms with Crippen molar-refractivity contribution in [2.45, 2.75) is 63.5 Å². The highest BCUT2D eigenvalue weighted by molar-refractivity contribution is 5.91. The van der Waals surface area contributed by atoms with Gasteiger partial charge < -0.3 is 15.0 Å². The lowest BCUT2D eigenvalue weighted by Gasteiger charge is -2.34. The number of ether oxygens (including phenoxy) is 1. The lowest BCUT2D eigenvalue weighted by molar-refractivity contribution is -0.156. The summed E-state index contributed by atoms with van der Waals surface area (Å²) in [5, 5.41) is 2.91. The van der Waals surface area contributed by atoms with Gasteiger partial charge >= 0.3 is 5.97 Å². The summed E-state index contributed by atoms with van der Waals surface area (Å²) in [6.45, 7) is 1.23. The van der Waals surface area contributed by atoms with E-state index in [1.54, 1.807) is 4.90 Å². The minimum Gasteiger partial charge on any atom is -0.452 e. The molecule has 3 atom stereocenters. The van der Waals surface area contributed by atoms with Crippen LogP contribution in [0.25, 0.3) is 0 Å². The zero-order valence-electron chi connectivity index (χ0n) is 14.0. The third-order valence-electron chi connectivity index (χ3n) is 5.16. The maximum absolute atomic E-state index is 13.0. The van der Waals surface area contributed by atoms with Gasteiger partial charge in [-0.1, -0.05) is 12.2 Å². The van der Waals surface area contributed by atoms with Gasteiger partial charge in [-0.3, -0.25) is 14.4 Å². The van der Waals surface area contributed by atoms with E-state index in [1.807, 2.05) is 0 Å². The predicted molar refractivity (Wildman–Crippen MR) is 88.0 cm³/mol. The second-order valence-corrected chi connectivity index (χ2v) is 6.96. The molecule has 1 aliphatic carbocycles. The molecule has 0 aromatic rings. The second kappa shape index (κ2) is 7.81. The van der Waals surface area contributed by atoms with E-state index in [9.17, 15) is 14.4 Å². The van der Waals surface area contributed by atoms with Crippen molar-refractivity contribution in [1.29, 1.82) is 0 Å². The average Bonchev–Trinajstić information content (AvgIpc) is 2.91. The number of nitrogens with one attached hydrogen (secondary N) is 1. The number of carbonyl (C=O) groups is 3. The fourth-order valence-electron chi connectivity index (χ4n) is 3.78. The number of esters is 1. The summed E-state index contributed by atoms with van der Waals surface area (Å²) in [7, 11) is 0. The number of hydrogen-bond donors (Lipinski definition) is 1. The Bertz CT molecular complexity index is 531. The van der Waals surface area contributed by atoms with Crippen LogP contribution in [0.5, 0.6) is 0 Å². The molecular formula is C18H26N2O4. The molecule has 3 aliphatic rings. The minimum atomic E-state index is -0.715. The Kier molecular flexibility index (Phi) is 5.53. The van der Waals surface area contributed by atoms with Crippen molar-refractivity contribution in [3.8, 4) is 0 Å². The van der Waals surface area contributed by atoms with E-state index < -0.39 is 12.1 Å². The van der Waals surface area contributed by atoms with Crippen LogP contribution in [0.2, 0.25) is 0 Å². The highest BCUT2D eigenvalue weighted by Crippen LogP contribution is 2.25. The molecular weight excluding hydrogens is 308 g/mol. The number of amides is 2. The van der Waals surface area contributed by atoms with Crippen LogP contribution in [0.3, 0.4) is 0 Å². The zero-order chi connectivity index (χ0) is 16.9. The Balaban J connectivity index is 1.76. The van der Waals surface area contributed by atoms with Crippen LogP contribution in [0.15, 0.2) is 12.2 Å². The molecule has 2 fully saturated rings. The van der Waals surface area contributed by atoms with Crippen LogP contribution < -0.4 is 5.32 Å². The lowest BCUT2D eigenvalue weighted by Crippen LogP contribution is -2.53. The molecule has 2 amide bonds. The van der Waals surface area contributed by atoms with Crippen molar-refractivity contribution < 1.29 is 19.1 Å². The second-order valence-electron chi connectivity index (χ2n) is 6.96. The third-order valence-corrected chi connectivity index (χ3v) is 5.16. The van der Waals surface area contributed by atoms with Crippen molar-refractivity contribution in [1.82, 2.24) is 10.2 Å². The molecule has 132 valence electrons. The molecule has 0 aromatic carbocycles. The Hall–Kier alpha value is -1.85. The van der Waals surface area contributed by atoms with Crippen molar-refractivity contribution >= 4 is 17.8 Å². The molecule has 2 aliphatic heterocycles. The maximum atomic E-state index is 13.0. The van der Waals surface area contributed by atoms with Crippen molar-refractivity contribution in [2.24, 2.45) is 5.92 Å². The van der Waals surface area contributed by atoms with Crippen molar-refractivity contribution in [3.63, 3.8) is 0 Å². The Morgan fingerprint density at radius 2 is 2.08 bits per heavy atom. The SMILES string of the molecule is O=C1CC[C@H](C(=O)N(C[C@H]2CC=CCC2)[C@H]2CCCCNC2=O)O1. The van der Waals surface area contributed by atoms with Crippen molar-refractivity contribution in [3.05, 3.63) is 12.2 Å². The fraction of sp³-hybridized carbons (Fsp3) is 0.722. The molecule has 3 rings (SSSR count). The molecule has 24 heavy (non-hydrogen) atoms. The molecule has 0 unspecified atom stereocenters. The Morgan fingerprint density at radius 3 is 2.79 bits per heavy atom. The number of allylic oxidation sites excluding steroid dienone is 2. The number of cyclic esters (lactones) is 1. The van der Waals surface area contributed by atoms with Crippen LogP contribution in [-0.2, 0) is 19.1 Å². The van der Waals surface area contributed by atoms with Crippen LogP contribution in [0.1, 0.15) is 51.4 Å². The monoisotopic (exact) mass is 334 g/mol. The first-order chi connectivity index (χ1) is 11.6.